The molecule has 0 amide bonds. The van der Waals surface area contributed by atoms with E-state index in [2.05, 4.69) is 52.0 Å². The molecule has 0 aromatic carbocycles. The highest BCUT2D eigenvalue weighted by molar-refractivity contribution is 5.05. The first-order valence-electron chi connectivity index (χ1n) is 8.35. The molecule has 0 aromatic rings. The Labute approximate surface area is 125 Å². The van der Waals surface area contributed by atoms with Gasteiger partial charge in [-0.25, -0.2) is 0 Å². The minimum atomic E-state index is -0.0870. The molecule has 0 spiro atoms. The van der Waals surface area contributed by atoms with Crippen LogP contribution in [0.3, 0.4) is 0 Å². The summed E-state index contributed by atoms with van der Waals surface area (Å²) in [5.41, 5.74) is -0.142. The van der Waals surface area contributed by atoms with E-state index >= 15 is 0 Å². The molecule has 3 nitrogen and oxygen atoms in total. The van der Waals surface area contributed by atoms with Crippen LogP contribution >= 0.6 is 0 Å². The van der Waals surface area contributed by atoms with Crippen LogP contribution in [0.2, 0.25) is 0 Å². The molecule has 2 aliphatic rings. The number of hydrogen-bond acceptors (Lipinski definition) is 3. The summed E-state index contributed by atoms with van der Waals surface area (Å²) in [6.07, 6.45) is 6.98. The lowest BCUT2D eigenvalue weighted by Gasteiger charge is -2.37. The quantitative estimate of drug-likeness (QED) is 0.858. The van der Waals surface area contributed by atoms with Crippen molar-refractivity contribution in [1.82, 2.24) is 10.2 Å². The van der Waals surface area contributed by atoms with Gasteiger partial charge in [-0.05, 0) is 54.6 Å². The fourth-order valence-corrected chi connectivity index (χ4v) is 4.56. The summed E-state index contributed by atoms with van der Waals surface area (Å²) in [6.45, 7) is 10.1. The van der Waals surface area contributed by atoms with E-state index in [0.717, 1.165) is 12.6 Å². The highest BCUT2D eigenvalue weighted by atomic mass is 16.5. The zero-order chi connectivity index (χ0) is 15.0. The molecule has 1 saturated carbocycles. The average Bonchev–Trinajstić information content (AvgIpc) is 2.54. The third kappa shape index (κ3) is 3.20. The van der Waals surface area contributed by atoms with Crippen LogP contribution in [0.5, 0.6) is 0 Å². The van der Waals surface area contributed by atoms with Gasteiger partial charge in [0.25, 0.3) is 0 Å². The van der Waals surface area contributed by atoms with Gasteiger partial charge in [0.1, 0.15) is 0 Å². The van der Waals surface area contributed by atoms with Crippen molar-refractivity contribution in [3.63, 3.8) is 0 Å². The van der Waals surface area contributed by atoms with Crippen molar-refractivity contribution in [1.29, 1.82) is 0 Å². The molecule has 2 fully saturated rings. The number of ether oxygens (including phenoxy) is 1. The van der Waals surface area contributed by atoms with Crippen molar-refractivity contribution in [2.24, 2.45) is 5.92 Å². The highest BCUT2D eigenvalue weighted by Crippen LogP contribution is 2.42. The first-order valence-corrected chi connectivity index (χ1v) is 8.35. The maximum absolute atomic E-state index is 6.35. The smallest absolute Gasteiger partial charge is 0.0790 e. The third-order valence-corrected chi connectivity index (χ3v) is 5.56. The van der Waals surface area contributed by atoms with Crippen molar-refractivity contribution < 1.29 is 4.74 Å². The lowest BCUT2D eigenvalue weighted by atomic mass is 9.81. The molecule has 2 atom stereocenters. The molecule has 3 heteroatoms. The van der Waals surface area contributed by atoms with E-state index in [1.165, 1.54) is 32.1 Å². The third-order valence-electron chi connectivity index (χ3n) is 5.56. The fourth-order valence-electron chi connectivity index (χ4n) is 4.56. The van der Waals surface area contributed by atoms with Gasteiger partial charge in [-0.2, -0.15) is 0 Å². The van der Waals surface area contributed by atoms with Crippen LogP contribution in [0.4, 0.5) is 0 Å². The molecule has 0 aromatic heterocycles. The maximum Gasteiger partial charge on any atom is 0.0790 e. The molecule has 1 N–H and O–H groups in total. The van der Waals surface area contributed by atoms with Crippen molar-refractivity contribution in [3.8, 4) is 0 Å². The number of rotatable bonds is 4. The zero-order valence-electron chi connectivity index (χ0n) is 14.3. The van der Waals surface area contributed by atoms with E-state index in [9.17, 15) is 0 Å². The molecule has 118 valence electrons. The summed E-state index contributed by atoms with van der Waals surface area (Å²) in [4.78, 5) is 2.60. The van der Waals surface area contributed by atoms with E-state index in [1.54, 1.807) is 0 Å². The molecule has 20 heavy (non-hydrogen) atoms. The first kappa shape index (κ1) is 16.3. The second-order valence-corrected chi connectivity index (χ2v) is 7.91. The predicted octanol–water partition coefficient (Wildman–Crippen LogP) is 3.04. The summed E-state index contributed by atoms with van der Waals surface area (Å²) >= 11 is 0. The topological polar surface area (TPSA) is 24.5 Å². The molecule has 0 bridgehead atoms. The maximum atomic E-state index is 6.35. The molecule has 2 unspecified atom stereocenters. The molecular weight excluding hydrogens is 248 g/mol. The predicted molar refractivity (Wildman–Crippen MR) is 85.1 cm³/mol. The Hall–Kier alpha value is -0.120. The SMILES string of the molecule is CNC1C(CN(C)C2CCCCC2)C(C)(C)OC1(C)C. The van der Waals surface area contributed by atoms with Crippen LogP contribution in [-0.4, -0.2) is 48.8 Å². The standard InChI is InChI=1S/C17H34N2O/c1-16(2)14(15(18-5)17(3,4)20-16)12-19(6)13-10-8-7-9-11-13/h13-15,18H,7-12H2,1-6H3. The van der Waals surface area contributed by atoms with Gasteiger partial charge in [0.15, 0.2) is 0 Å². The molecule has 1 saturated heterocycles. The van der Waals surface area contributed by atoms with Crippen LogP contribution < -0.4 is 5.32 Å². The Morgan fingerprint density at radius 3 is 2.20 bits per heavy atom. The van der Waals surface area contributed by atoms with Gasteiger partial charge >= 0.3 is 0 Å². The van der Waals surface area contributed by atoms with Crippen molar-refractivity contribution in [3.05, 3.63) is 0 Å². The molecule has 1 heterocycles. The lowest BCUT2D eigenvalue weighted by Crippen LogP contribution is -2.50. The van der Waals surface area contributed by atoms with Crippen LogP contribution in [0, 0.1) is 5.92 Å². The van der Waals surface area contributed by atoms with Gasteiger partial charge in [-0.1, -0.05) is 19.3 Å². The average molecular weight is 282 g/mol. The van der Waals surface area contributed by atoms with Gasteiger partial charge in [0.2, 0.25) is 0 Å². The van der Waals surface area contributed by atoms with E-state index < -0.39 is 0 Å². The Kier molecular flexibility index (Phi) is 4.83. The molecule has 1 aliphatic carbocycles. The van der Waals surface area contributed by atoms with Gasteiger partial charge < -0.3 is 15.0 Å². The van der Waals surface area contributed by atoms with E-state index in [1.807, 2.05) is 0 Å². The lowest BCUT2D eigenvalue weighted by molar-refractivity contribution is -0.0798. The van der Waals surface area contributed by atoms with Gasteiger partial charge in [-0.3, -0.25) is 0 Å². The largest absolute Gasteiger partial charge is 0.368 e. The Balaban J connectivity index is 2.05. The summed E-state index contributed by atoms with van der Waals surface area (Å²) in [7, 11) is 4.38. The minimum Gasteiger partial charge on any atom is -0.368 e. The second kappa shape index (κ2) is 5.94. The first-order chi connectivity index (χ1) is 9.28. The summed E-state index contributed by atoms with van der Waals surface area (Å²) in [5, 5.41) is 3.52. The zero-order valence-corrected chi connectivity index (χ0v) is 14.3. The van der Waals surface area contributed by atoms with E-state index in [-0.39, 0.29) is 11.2 Å². The Bertz CT molecular complexity index is 321. The molecular formula is C17H34N2O. The highest BCUT2D eigenvalue weighted by Gasteiger charge is 2.53. The van der Waals surface area contributed by atoms with E-state index in [4.69, 9.17) is 4.74 Å². The van der Waals surface area contributed by atoms with Crippen LogP contribution in [0.15, 0.2) is 0 Å². The Morgan fingerprint density at radius 2 is 1.65 bits per heavy atom. The van der Waals surface area contributed by atoms with Gasteiger partial charge in [-0.15, -0.1) is 0 Å². The van der Waals surface area contributed by atoms with Crippen molar-refractivity contribution in [2.75, 3.05) is 20.6 Å². The number of likely N-dealkylation sites (N-methyl/N-ethyl adjacent to an activating group) is 1. The van der Waals surface area contributed by atoms with Gasteiger partial charge in [0.05, 0.1) is 11.2 Å². The number of nitrogens with one attached hydrogen (secondary N) is 1. The normalized spacial score (nSPS) is 33.8. The van der Waals surface area contributed by atoms with Crippen LogP contribution in [0.1, 0.15) is 59.8 Å². The number of nitrogens with zero attached hydrogens (tertiary/aromatic N) is 1. The second-order valence-electron chi connectivity index (χ2n) is 7.91. The minimum absolute atomic E-state index is 0.0555. The molecule has 0 radical (unpaired) electrons. The number of hydrogen-bond donors (Lipinski definition) is 1. The molecule has 2 rings (SSSR count). The van der Waals surface area contributed by atoms with Gasteiger partial charge in [0, 0.05) is 24.5 Å². The summed E-state index contributed by atoms with van der Waals surface area (Å²) in [6, 6.07) is 1.20. The fraction of sp³-hybridized carbons (Fsp3) is 1.00. The van der Waals surface area contributed by atoms with E-state index in [0.29, 0.717) is 12.0 Å². The van der Waals surface area contributed by atoms with Crippen LogP contribution in [-0.2, 0) is 4.74 Å². The van der Waals surface area contributed by atoms with Crippen LogP contribution in [0.25, 0.3) is 0 Å². The summed E-state index contributed by atoms with van der Waals surface area (Å²) < 4.78 is 6.35. The Morgan fingerprint density at radius 1 is 1.05 bits per heavy atom. The van der Waals surface area contributed by atoms with Crippen molar-refractivity contribution >= 4 is 0 Å². The molecule has 1 aliphatic heterocycles. The summed E-state index contributed by atoms with van der Waals surface area (Å²) in [5.74, 6) is 0.537. The monoisotopic (exact) mass is 282 g/mol. The van der Waals surface area contributed by atoms with Crippen molar-refractivity contribution in [2.45, 2.75) is 83.1 Å².